The molecule has 0 aliphatic carbocycles. The number of halogens is 3. The molecule has 2 rings (SSSR count). The zero-order chi connectivity index (χ0) is 17.0. The highest BCUT2D eigenvalue weighted by Crippen LogP contribution is 2.36. The van der Waals surface area contributed by atoms with Gasteiger partial charge in [0.2, 0.25) is 0 Å². The molecule has 2 aromatic carbocycles. The highest BCUT2D eigenvalue weighted by molar-refractivity contribution is 6.42. The fraction of sp³-hybridized carbons (Fsp3) is 0.294. The predicted molar refractivity (Wildman–Crippen MR) is 97.6 cm³/mol. The van der Waals surface area contributed by atoms with Gasteiger partial charge in [0.15, 0.2) is 11.5 Å². The van der Waals surface area contributed by atoms with Crippen molar-refractivity contribution < 1.29 is 9.47 Å². The molecule has 1 N–H and O–H groups in total. The van der Waals surface area contributed by atoms with Gasteiger partial charge in [0.1, 0.15) is 0 Å². The first-order chi connectivity index (χ1) is 10.9. The van der Waals surface area contributed by atoms with Crippen molar-refractivity contribution in [2.24, 2.45) is 0 Å². The number of anilines is 1. The van der Waals surface area contributed by atoms with Gasteiger partial charge in [-0.1, -0.05) is 34.8 Å². The van der Waals surface area contributed by atoms with Gasteiger partial charge in [-0.15, -0.1) is 0 Å². The second kappa shape index (κ2) is 8.00. The lowest BCUT2D eigenvalue weighted by molar-refractivity contribution is 0.228. The van der Waals surface area contributed by atoms with Crippen molar-refractivity contribution in [1.29, 1.82) is 0 Å². The highest BCUT2D eigenvalue weighted by atomic mass is 35.5. The lowest BCUT2D eigenvalue weighted by Crippen LogP contribution is -2.10. The van der Waals surface area contributed by atoms with Crippen LogP contribution >= 0.6 is 34.8 Å². The van der Waals surface area contributed by atoms with Crippen molar-refractivity contribution >= 4 is 40.5 Å². The van der Waals surface area contributed by atoms with Gasteiger partial charge in [-0.3, -0.25) is 0 Å². The molecule has 0 fully saturated rings. The number of benzene rings is 2. The normalized spacial score (nSPS) is 10.7. The molecule has 0 aromatic heterocycles. The Morgan fingerprint density at radius 2 is 1.78 bits per heavy atom. The number of nitrogens with one attached hydrogen (secondary N) is 1. The molecule has 0 heterocycles. The first kappa shape index (κ1) is 18.1. The summed E-state index contributed by atoms with van der Waals surface area (Å²) in [6.45, 7) is 4.44. The molecular weight excluding hydrogens is 357 g/mol. The third-order valence-corrected chi connectivity index (χ3v) is 4.03. The predicted octanol–water partition coefficient (Wildman–Crippen LogP) is 6.05. The summed E-state index contributed by atoms with van der Waals surface area (Å²) >= 11 is 18.1. The SMILES string of the molecule is COc1cc(Cl)cc(CNc2ccc(Cl)c(Cl)c2)c1OC(C)C. The molecule has 2 aromatic rings. The Morgan fingerprint density at radius 3 is 2.39 bits per heavy atom. The van der Waals surface area contributed by atoms with E-state index in [-0.39, 0.29) is 6.10 Å². The second-order valence-electron chi connectivity index (χ2n) is 5.25. The Labute approximate surface area is 151 Å². The van der Waals surface area contributed by atoms with E-state index in [1.54, 1.807) is 25.3 Å². The summed E-state index contributed by atoms with van der Waals surface area (Å²) in [6.07, 6.45) is 0.0220. The highest BCUT2D eigenvalue weighted by Gasteiger charge is 2.14. The van der Waals surface area contributed by atoms with Gasteiger partial charge in [-0.05, 0) is 38.1 Å². The van der Waals surface area contributed by atoms with Crippen molar-refractivity contribution in [2.45, 2.75) is 26.5 Å². The fourth-order valence-electron chi connectivity index (χ4n) is 2.08. The maximum atomic E-state index is 6.16. The zero-order valence-corrected chi connectivity index (χ0v) is 15.4. The molecule has 0 unspecified atom stereocenters. The summed E-state index contributed by atoms with van der Waals surface area (Å²) in [6, 6.07) is 8.97. The molecule has 0 saturated heterocycles. The quantitative estimate of drug-likeness (QED) is 0.667. The Bertz CT molecular complexity index is 690. The average Bonchev–Trinajstić information content (AvgIpc) is 2.49. The standard InChI is InChI=1S/C17H18Cl3NO2/c1-10(2)23-17-11(6-12(18)7-16(17)22-3)9-21-13-4-5-14(19)15(20)8-13/h4-8,10,21H,9H2,1-3H3. The number of rotatable bonds is 6. The average molecular weight is 375 g/mol. The first-order valence-corrected chi connectivity index (χ1v) is 8.26. The van der Waals surface area contributed by atoms with E-state index in [4.69, 9.17) is 44.3 Å². The van der Waals surface area contributed by atoms with E-state index in [2.05, 4.69) is 5.32 Å². The lowest BCUT2D eigenvalue weighted by atomic mass is 10.1. The Morgan fingerprint density at radius 1 is 1.04 bits per heavy atom. The number of ether oxygens (including phenoxy) is 2. The molecule has 6 heteroatoms. The summed E-state index contributed by atoms with van der Waals surface area (Å²) in [5, 5.41) is 4.89. The Balaban J connectivity index is 2.26. The zero-order valence-electron chi connectivity index (χ0n) is 13.1. The number of methoxy groups -OCH3 is 1. The van der Waals surface area contributed by atoms with Crippen molar-refractivity contribution in [1.82, 2.24) is 0 Å². The van der Waals surface area contributed by atoms with Gasteiger partial charge in [0.05, 0.1) is 23.3 Å². The number of hydrogen-bond donors (Lipinski definition) is 1. The third kappa shape index (κ3) is 4.84. The van der Waals surface area contributed by atoms with Crippen LogP contribution in [0.15, 0.2) is 30.3 Å². The topological polar surface area (TPSA) is 30.5 Å². The van der Waals surface area contributed by atoms with E-state index < -0.39 is 0 Å². The second-order valence-corrected chi connectivity index (χ2v) is 6.50. The molecule has 0 amide bonds. The van der Waals surface area contributed by atoms with E-state index in [0.717, 1.165) is 11.3 Å². The van der Waals surface area contributed by atoms with Crippen LogP contribution in [0, 0.1) is 0 Å². The summed E-state index contributed by atoms with van der Waals surface area (Å²) in [5.41, 5.74) is 1.75. The third-order valence-electron chi connectivity index (χ3n) is 3.07. The van der Waals surface area contributed by atoms with Gasteiger partial charge in [0, 0.05) is 28.9 Å². The molecule has 0 aliphatic heterocycles. The van der Waals surface area contributed by atoms with Crippen LogP contribution in [0.25, 0.3) is 0 Å². The Hall–Kier alpha value is -1.29. The maximum Gasteiger partial charge on any atom is 0.166 e. The van der Waals surface area contributed by atoms with Crippen molar-refractivity contribution in [2.75, 3.05) is 12.4 Å². The summed E-state index contributed by atoms with van der Waals surface area (Å²) in [5.74, 6) is 1.29. The molecule has 0 spiro atoms. The monoisotopic (exact) mass is 373 g/mol. The van der Waals surface area contributed by atoms with Crippen LogP contribution < -0.4 is 14.8 Å². The molecule has 124 valence electrons. The molecular formula is C17H18Cl3NO2. The molecule has 0 aliphatic rings. The van der Waals surface area contributed by atoms with Crippen LogP contribution in [0.1, 0.15) is 19.4 Å². The fourth-order valence-corrected chi connectivity index (χ4v) is 2.61. The van der Waals surface area contributed by atoms with Crippen molar-refractivity contribution in [3.8, 4) is 11.5 Å². The van der Waals surface area contributed by atoms with Crippen LogP contribution in [0.4, 0.5) is 5.69 Å². The minimum absolute atomic E-state index is 0.0220. The van der Waals surface area contributed by atoms with E-state index in [0.29, 0.717) is 33.1 Å². The molecule has 0 bridgehead atoms. The van der Waals surface area contributed by atoms with E-state index in [9.17, 15) is 0 Å². The lowest BCUT2D eigenvalue weighted by Gasteiger charge is -2.18. The van der Waals surface area contributed by atoms with Gasteiger partial charge in [-0.25, -0.2) is 0 Å². The van der Waals surface area contributed by atoms with Crippen LogP contribution in [0.5, 0.6) is 11.5 Å². The molecule has 0 radical (unpaired) electrons. The first-order valence-electron chi connectivity index (χ1n) is 7.12. The van der Waals surface area contributed by atoms with E-state index >= 15 is 0 Å². The molecule has 0 atom stereocenters. The van der Waals surface area contributed by atoms with Gasteiger partial charge >= 0.3 is 0 Å². The van der Waals surface area contributed by atoms with Crippen LogP contribution in [-0.4, -0.2) is 13.2 Å². The van der Waals surface area contributed by atoms with Gasteiger partial charge in [0.25, 0.3) is 0 Å². The van der Waals surface area contributed by atoms with Crippen LogP contribution in [0.2, 0.25) is 15.1 Å². The smallest absolute Gasteiger partial charge is 0.166 e. The van der Waals surface area contributed by atoms with Crippen molar-refractivity contribution in [3.05, 3.63) is 51.0 Å². The summed E-state index contributed by atoms with van der Waals surface area (Å²) < 4.78 is 11.3. The van der Waals surface area contributed by atoms with Crippen LogP contribution in [-0.2, 0) is 6.54 Å². The van der Waals surface area contributed by atoms with Crippen LogP contribution in [0.3, 0.4) is 0 Å². The largest absolute Gasteiger partial charge is 0.493 e. The molecule has 3 nitrogen and oxygen atoms in total. The summed E-state index contributed by atoms with van der Waals surface area (Å²) in [7, 11) is 1.59. The minimum Gasteiger partial charge on any atom is -0.493 e. The van der Waals surface area contributed by atoms with Crippen molar-refractivity contribution in [3.63, 3.8) is 0 Å². The molecule has 0 saturated carbocycles. The molecule has 23 heavy (non-hydrogen) atoms. The maximum absolute atomic E-state index is 6.16. The summed E-state index contributed by atoms with van der Waals surface area (Å²) in [4.78, 5) is 0. The number of hydrogen-bond acceptors (Lipinski definition) is 3. The van der Waals surface area contributed by atoms with E-state index in [1.807, 2.05) is 26.0 Å². The van der Waals surface area contributed by atoms with Gasteiger partial charge < -0.3 is 14.8 Å². The van der Waals surface area contributed by atoms with Gasteiger partial charge in [-0.2, -0.15) is 0 Å². The minimum atomic E-state index is 0.0220. The van der Waals surface area contributed by atoms with E-state index in [1.165, 1.54) is 0 Å². The Kier molecular flexibility index (Phi) is 6.28.